The molecule has 2 aromatic heterocycles. The zero-order chi connectivity index (χ0) is 25.5. The molecule has 1 aliphatic carbocycles. The van der Waals surface area contributed by atoms with Crippen molar-refractivity contribution in [2.24, 2.45) is 7.05 Å². The van der Waals surface area contributed by atoms with Gasteiger partial charge in [-0.05, 0) is 56.4 Å². The molecule has 1 saturated heterocycles. The molecule has 190 valence electrons. The average Bonchev–Trinajstić information content (AvgIpc) is 3.57. The topological polar surface area (TPSA) is 67.2 Å². The fourth-order valence-electron chi connectivity index (χ4n) is 5.24. The fraction of sp³-hybridized carbons (Fsp3) is 0.345. The van der Waals surface area contributed by atoms with Crippen molar-refractivity contribution in [2.45, 2.75) is 44.1 Å². The van der Waals surface area contributed by atoms with E-state index in [9.17, 15) is 14.0 Å². The van der Waals surface area contributed by atoms with E-state index in [-0.39, 0.29) is 23.7 Å². The molecule has 37 heavy (non-hydrogen) atoms. The summed E-state index contributed by atoms with van der Waals surface area (Å²) in [5, 5.41) is 4.90. The van der Waals surface area contributed by atoms with Crippen LogP contribution in [-0.2, 0) is 7.05 Å². The molecule has 8 heteroatoms. The number of aromatic nitrogens is 2. The molecule has 2 aromatic carbocycles. The summed E-state index contributed by atoms with van der Waals surface area (Å²) in [4.78, 5) is 34.2. The van der Waals surface area contributed by atoms with Crippen molar-refractivity contribution < 1.29 is 14.0 Å². The van der Waals surface area contributed by atoms with E-state index in [0.717, 1.165) is 48.0 Å². The molecule has 4 aromatic rings. The Morgan fingerprint density at radius 3 is 2.73 bits per heavy atom. The Bertz CT molecular complexity index is 1490. The molecule has 1 N–H and O–H groups in total. The van der Waals surface area contributed by atoms with Crippen LogP contribution in [0.1, 0.15) is 63.9 Å². The van der Waals surface area contributed by atoms with Crippen LogP contribution < -0.4 is 5.32 Å². The molecular weight excluding hydrogens is 487 g/mol. The van der Waals surface area contributed by atoms with Crippen LogP contribution in [0.5, 0.6) is 0 Å². The number of carbonyl (C=O) groups is 2. The van der Waals surface area contributed by atoms with E-state index in [0.29, 0.717) is 40.7 Å². The summed E-state index contributed by atoms with van der Waals surface area (Å²) >= 11 is 1.44. The standard InChI is InChI=1S/C29H29FN4O2S/c1-33-16-14-20-21(9-6-11-24(20)33)27(35)31-17-19-7-4-5-15-34(19)29(36)25-26(22-8-2-3-10-23(22)30)37-28(32-25)18-12-13-18/h2-3,6,8-11,14,16,18-19H,4-5,7,12-13,15,17H2,1H3,(H,31,35)/t19-/m0/s1. The number of benzene rings is 2. The van der Waals surface area contributed by atoms with E-state index in [4.69, 9.17) is 4.98 Å². The number of hydrogen-bond acceptors (Lipinski definition) is 4. The predicted octanol–water partition coefficient (Wildman–Crippen LogP) is 5.74. The Morgan fingerprint density at radius 1 is 1.08 bits per heavy atom. The number of carbonyl (C=O) groups excluding carboxylic acids is 2. The van der Waals surface area contributed by atoms with Gasteiger partial charge in [-0.15, -0.1) is 11.3 Å². The molecule has 6 nitrogen and oxygen atoms in total. The van der Waals surface area contributed by atoms with Crippen molar-refractivity contribution in [1.82, 2.24) is 19.8 Å². The van der Waals surface area contributed by atoms with Gasteiger partial charge >= 0.3 is 0 Å². The number of piperidine rings is 1. The van der Waals surface area contributed by atoms with Gasteiger partial charge < -0.3 is 14.8 Å². The SMILES string of the molecule is Cn1ccc2c(C(=O)NC[C@@H]3CCCCN3C(=O)c3nc(C4CC4)sc3-c3ccccc3F)cccc21. The Balaban J connectivity index is 1.25. The summed E-state index contributed by atoms with van der Waals surface area (Å²) in [5.74, 6) is -0.300. The van der Waals surface area contributed by atoms with Gasteiger partial charge in [-0.3, -0.25) is 9.59 Å². The molecule has 6 rings (SSSR count). The van der Waals surface area contributed by atoms with Gasteiger partial charge in [0, 0.05) is 60.3 Å². The van der Waals surface area contributed by atoms with E-state index in [2.05, 4.69) is 5.32 Å². The molecule has 1 aliphatic heterocycles. The lowest BCUT2D eigenvalue weighted by Gasteiger charge is -2.35. The summed E-state index contributed by atoms with van der Waals surface area (Å²) in [6, 6.07) is 14.1. The monoisotopic (exact) mass is 516 g/mol. The maximum Gasteiger partial charge on any atom is 0.274 e. The van der Waals surface area contributed by atoms with Gasteiger partial charge in [-0.2, -0.15) is 0 Å². The van der Waals surface area contributed by atoms with Gasteiger partial charge in [0.15, 0.2) is 0 Å². The quantitative estimate of drug-likeness (QED) is 0.355. The van der Waals surface area contributed by atoms with Crippen LogP contribution in [0.3, 0.4) is 0 Å². The van der Waals surface area contributed by atoms with Gasteiger partial charge in [-0.25, -0.2) is 9.37 Å². The Kier molecular flexibility index (Phi) is 6.28. The summed E-state index contributed by atoms with van der Waals surface area (Å²) in [5.41, 5.74) is 2.39. The number of rotatable bonds is 6. The molecule has 2 aliphatic rings. The lowest BCUT2D eigenvalue weighted by Crippen LogP contribution is -2.49. The Labute approximate surface area is 219 Å². The van der Waals surface area contributed by atoms with Crippen molar-refractivity contribution >= 4 is 34.1 Å². The van der Waals surface area contributed by atoms with Crippen LogP contribution in [0.25, 0.3) is 21.3 Å². The van der Waals surface area contributed by atoms with Crippen molar-refractivity contribution in [3.05, 3.63) is 76.8 Å². The second-order valence-electron chi connectivity index (χ2n) is 10.0. The van der Waals surface area contributed by atoms with Crippen LogP contribution in [0.15, 0.2) is 54.7 Å². The molecular formula is C29H29FN4O2S. The highest BCUT2D eigenvalue weighted by atomic mass is 32.1. The van der Waals surface area contributed by atoms with Crippen molar-refractivity contribution in [3.63, 3.8) is 0 Å². The molecule has 0 unspecified atom stereocenters. The number of likely N-dealkylation sites (tertiary alicyclic amines) is 1. The highest BCUT2D eigenvalue weighted by Crippen LogP contribution is 2.45. The van der Waals surface area contributed by atoms with Crippen LogP contribution in [0.2, 0.25) is 0 Å². The third-order valence-corrected chi connectivity index (χ3v) is 8.70. The van der Waals surface area contributed by atoms with Gasteiger partial charge in [0.25, 0.3) is 11.8 Å². The average molecular weight is 517 g/mol. The van der Waals surface area contributed by atoms with Crippen molar-refractivity contribution in [2.75, 3.05) is 13.1 Å². The third-order valence-electron chi connectivity index (χ3n) is 7.45. The number of thiazole rings is 1. The van der Waals surface area contributed by atoms with Gasteiger partial charge in [-0.1, -0.05) is 24.3 Å². The molecule has 2 amide bonds. The van der Waals surface area contributed by atoms with Crippen molar-refractivity contribution in [3.8, 4) is 10.4 Å². The molecule has 0 spiro atoms. The highest BCUT2D eigenvalue weighted by molar-refractivity contribution is 7.15. The van der Waals surface area contributed by atoms with Crippen LogP contribution in [0, 0.1) is 5.82 Å². The highest BCUT2D eigenvalue weighted by Gasteiger charge is 2.35. The minimum Gasteiger partial charge on any atom is -0.351 e. The smallest absolute Gasteiger partial charge is 0.274 e. The summed E-state index contributed by atoms with van der Waals surface area (Å²) < 4.78 is 16.7. The number of aryl methyl sites for hydroxylation is 1. The molecule has 2 fully saturated rings. The number of nitrogens with zero attached hydrogens (tertiary/aromatic N) is 3. The summed E-state index contributed by atoms with van der Waals surface area (Å²) in [6.45, 7) is 0.961. The molecule has 1 atom stereocenters. The molecule has 3 heterocycles. The second kappa shape index (κ2) is 9.74. The zero-order valence-electron chi connectivity index (χ0n) is 20.7. The summed E-state index contributed by atoms with van der Waals surface area (Å²) in [7, 11) is 1.96. The molecule has 0 radical (unpaired) electrons. The number of hydrogen-bond donors (Lipinski definition) is 1. The largest absolute Gasteiger partial charge is 0.351 e. The van der Waals surface area contributed by atoms with Gasteiger partial charge in [0.2, 0.25) is 0 Å². The summed E-state index contributed by atoms with van der Waals surface area (Å²) in [6.07, 6.45) is 6.75. The van der Waals surface area contributed by atoms with Crippen LogP contribution >= 0.6 is 11.3 Å². The first kappa shape index (κ1) is 23.9. The number of halogens is 1. The van der Waals surface area contributed by atoms with Gasteiger partial charge in [0.1, 0.15) is 11.5 Å². The van der Waals surface area contributed by atoms with Crippen molar-refractivity contribution in [1.29, 1.82) is 0 Å². The van der Waals surface area contributed by atoms with E-state index in [1.807, 2.05) is 47.0 Å². The maximum atomic E-state index is 14.8. The van der Waals surface area contributed by atoms with E-state index in [1.165, 1.54) is 17.4 Å². The van der Waals surface area contributed by atoms with Gasteiger partial charge in [0.05, 0.1) is 9.88 Å². The van der Waals surface area contributed by atoms with Crippen LogP contribution in [-0.4, -0.2) is 45.4 Å². The van der Waals surface area contributed by atoms with E-state index < -0.39 is 0 Å². The predicted molar refractivity (Wildman–Crippen MR) is 143 cm³/mol. The first-order chi connectivity index (χ1) is 18.0. The lowest BCUT2D eigenvalue weighted by molar-refractivity contribution is 0.0598. The first-order valence-electron chi connectivity index (χ1n) is 12.9. The normalized spacial score (nSPS) is 17.8. The number of amides is 2. The second-order valence-corrected chi connectivity index (χ2v) is 11.0. The molecule has 0 bridgehead atoms. The first-order valence-corrected chi connectivity index (χ1v) is 13.7. The number of nitrogens with one attached hydrogen (secondary N) is 1. The van der Waals surface area contributed by atoms with E-state index >= 15 is 0 Å². The third kappa shape index (κ3) is 4.55. The molecule has 1 saturated carbocycles. The Hall–Kier alpha value is -3.52. The van der Waals surface area contributed by atoms with E-state index in [1.54, 1.807) is 18.2 Å². The Morgan fingerprint density at radius 2 is 1.92 bits per heavy atom. The lowest BCUT2D eigenvalue weighted by atomic mass is 10.0. The zero-order valence-corrected chi connectivity index (χ0v) is 21.6. The fourth-order valence-corrected chi connectivity index (χ4v) is 6.49. The minimum absolute atomic E-state index is 0.139. The minimum atomic E-state index is -0.347. The maximum absolute atomic E-state index is 14.8. The van der Waals surface area contributed by atoms with Crippen LogP contribution in [0.4, 0.5) is 4.39 Å². The number of fused-ring (bicyclic) bond motifs is 1.